The Morgan fingerprint density at radius 1 is 0.929 bits per heavy atom. The maximum absolute atomic E-state index is 13.3. The van der Waals surface area contributed by atoms with Crippen LogP contribution in [0.25, 0.3) is 0 Å². The fraction of sp³-hybridized carbons (Fsp3) is 0.536. The molecule has 1 heterocycles. The van der Waals surface area contributed by atoms with Crippen molar-refractivity contribution in [2.24, 2.45) is 0 Å². The zero-order chi connectivity index (χ0) is 30.8. The molecule has 0 aromatic heterocycles. The van der Waals surface area contributed by atoms with Gasteiger partial charge < -0.3 is 19.9 Å². The molecule has 2 aromatic carbocycles. The highest BCUT2D eigenvalue weighted by atomic mass is 19.4. The van der Waals surface area contributed by atoms with Gasteiger partial charge in [-0.25, -0.2) is 0 Å². The van der Waals surface area contributed by atoms with Crippen LogP contribution >= 0.6 is 0 Å². The molecule has 0 unspecified atom stereocenters. The minimum atomic E-state index is -4.86. The average molecular weight is 603 g/mol. The van der Waals surface area contributed by atoms with E-state index >= 15 is 0 Å². The Hall–Kier alpha value is -3.55. The lowest BCUT2D eigenvalue weighted by Crippen LogP contribution is -2.50. The molecule has 1 N–H and O–H groups in total. The highest BCUT2D eigenvalue weighted by molar-refractivity contribution is 5.78. The number of nitro benzene ring substituents is 1. The Bertz CT molecular complexity index is 1300. The zero-order valence-corrected chi connectivity index (χ0v) is 23.1. The van der Waals surface area contributed by atoms with Crippen LogP contribution in [0.15, 0.2) is 30.3 Å². The van der Waals surface area contributed by atoms with Gasteiger partial charge in [-0.2, -0.15) is 26.3 Å². The van der Waals surface area contributed by atoms with E-state index in [9.17, 15) is 41.3 Å². The van der Waals surface area contributed by atoms with Crippen LogP contribution in [0.3, 0.4) is 0 Å². The minimum Gasteiger partial charge on any atom is -0.382 e. The van der Waals surface area contributed by atoms with Crippen LogP contribution in [-0.4, -0.2) is 60.7 Å². The Labute approximate surface area is 238 Å². The Morgan fingerprint density at radius 3 is 2.12 bits per heavy atom. The molecular weight excluding hydrogens is 570 g/mol. The molecule has 4 rings (SSSR count). The van der Waals surface area contributed by atoms with Crippen molar-refractivity contribution in [1.82, 2.24) is 4.90 Å². The monoisotopic (exact) mass is 602 g/mol. The highest BCUT2D eigenvalue weighted by Gasteiger charge is 2.39. The molecule has 42 heavy (non-hydrogen) atoms. The summed E-state index contributed by atoms with van der Waals surface area (Å²) in [6.45, 7) is 4.79. The van der Waals surface area contributed by atoms with Crippen molar-refractivity contribution < 1.29 is 40.8 Å². The minimum absolute atomic E-state index is 0.113. The van der Waals surface area contributed by atoms with Crippen molar-refractivity contribution in [3.05, 3.63) is 62.7 Å². The molecule has 14 heteroatoms. The van der Waals surface area contributed by atoms with E-state index in [1.165, 1.54) is 19.1 Å². The molecule has 1 aliphatic carbocycles. The van der Waals surface area contributed by atoms with E-state index in [-0.39, 0.29) is 35.9 Å². The maximum Gasteiger partial charge on any atom is 0.423 e. The predicted octanol–water partition coefficient (Wildman–Crippen LogP) is 6.34. The van der Waals surface area contributed by atoms with E-state index in [1.54, 1.807) is 11.8 Å². The summed E-state index contributed by atoms with van der Waals surface area (Å²) in [5.41, 5.74) is -1.34. The normalized spacial score (nSPS) is 20.0. The summed E-state index contributed by atoms with van der Waals surface area (Å²) in [7, 11) is 0. The third-order valence-electron chi connectivity index (χ3n) is 8.02. The van der Waals surface area contributed by atoms with E-state index < -0.39 is 34.1 Å². The first-order valence-electron chi connectivity index (χ1n) is 13.6. The molecule has 1 aliphatic heterocycles. The van der Waals surface area contributed by atoms with E-state index in [0.717, 1.165) is 23.9 Å². The summed E-state index contributed by atoms with van der Waals surface area (Å²) in [6, 6.07) is 5.28. The number of piperazine rings is 1. The number of nitrogens with one attached hydrogen (secondary N) is 1. The van der Waals surface area contributed by atoms with Gasteiger partial charge in [0.1, 0.15) is 12.2 Å². The molecule has 2 aromatic rings. The summed E-state index contributed by atoms with van der Waals surface area (Å²) >= 11 is 0. The van der Waals surface area contributed by atoms with Crippen molar-refractivity contribution >= 4 is 23.0 Å². The number of hydrogen-bond donors (Lipinski definition) is 1. The molecule has 1 saturated heterocycles. The molecule has 1 amide bonds. The van der Waals surface area contributed by atoms with E-state index in [0.29, 0.717) is 57.4 Å². The number of halogens is 6. The summed E-state index contributed by atoms with van der Waals surface area (Å²) in [5, 5.41) is 14.0. The second-order valence-electron chi connectivity index (χ2n) is 10.7. The van der Waals surface area contributed by atoms with E-state index in [1.807, 2.05) is 4.90 Å². The lowest BCUT2D eigenvalue weighted by molar-refractivity contribution is -0.388. The van der Waals surface area contributed by atoms with Gasteiger partial charge in [0.05, 0.1) is 16.6 Å². The van der Waals surface area contributed by atoms with Crippen LogP contribution in [0.4, 0.5) is 43.4 Å². The largest absolute Gasteiger partial charge is 0.423 e. The van der Waals surface area contributed by atoms with Crippen LogP contribution in [-0.2, 0) is 21.9 Å². The zero-order valence-electron chi connectivity index (χ0n) is 23.1. The second kappa shape index (κ2) is 12.4. The first-order chi connectivity index (χ1) is 19.6. The van der Waals surface area contributed by atoms with Crippen molar-refractivity contribution in [2.45, 2.75) is 64.0 Å². The SMILES string of the molecule is Cc1c(N2CCN(C(=O)CO[C@H]3CC[C@H](Nc4ccc([N+](=O)[O-])c(C(F)(F)F)c4)CC3)CC2)ccc(C(F)(F)F)c1C. The number of carbonyl (C=O) groups excluding carboxylic acids is 1. The van der Waals surface area contributed by atoms with Crippen LogP contribution in [0.5, 0.6) is 0 Å². The molecule has 1 saturated carbocycles. The number of alkyl halides is 6. The lowest BCUT2D eigenvalue weighted by Gasteiger charge is -2.37. The molecule has 8 nitrogen and oxygen atoms in total. The van der Waals surface area contributed by atoms with E-state index in [2.05, 4.69) is 5.32 Å². The van der Waals surface area contributed by atoms with Crippen LogP contribution in [0.1, 0.15) is 47.9 Å². The fourth-order valence-corrected chi connectivity index (χ4v) is 5.55. The van der Waals surface area contributed by atoms with Crippen molar-refractivity contribution in [3.8, 4) is 0 Å². The number of carbonyl (C=O) groups is 1. The Balaban J connectivity index is 1.22. The topological polar surface area (TPSA) is 88.0 Å². The van der Waals surface area contributed by atoms with Gasteiger partial charge in [-0.05, 0) is 74.9 Å². The molecule has 2 fully saturated rings. The molecule has 0 spiro atoms. The average Bonchev–Trinajstić information content (AvgIpc) is 2.93. The van der Waals surface area contributed by atoms with Crippen molar-refractivity contribution in [3.63, 3.8) is 0 Å². The molecule has 0 atom stereocenters. The van der Waals surface area contributed by atoms with E-state index in [4.69, 9.17) is 4.74 Å². The molecule has 2 aliphatic rings. The van der Waals surface area contributed by atoms with Gasteiger partial charge in [0, 0.05) is 49.7 Å². The number of anilines is 2. The quantitative estimate of drug-likeness (QED) is 0.226. The maximum atomic E-state index is 13.3. The molecular formula is C28H32F6N4O4. The Kier molecular flexibility index (Phi) is 9.24. The van der Waals surface area contributed by atoms with Gasteiger partial charge in [0.2, 0.25) is 5.91 Å². The molecule has 0 radical (unpaired) electrons. The summed E-state index contributed by atoms with van der Waals surface area (Å²) in [5.74, 6) is -0.180. The number of benzene rings is 2. The highest BCUT2D eigenvalue weighted by Crippen LogP contribution is 2.39. The van der Waals surface area contributed by atoms with Gasteiger partial charge in [0.15, 0.2) is 0 Å². The van der Waals surface area contributed by atoms with Crippen LogP contribution in [0.2, 0.25) is 0 Å². The number of amides is 1. The number of hydrogen-bond acceptors (Lipinski definition) is 6. The third-order valence-corrected chi connectivity index (χ3v) is 8.02. The van der Waals surface area contributed by atoms with Crippen LogP contribution < -0.4 is 10.2 Å². The summed E-state index contributed by atoms with van der Waals surface area (Å²) in [4.78, 5) is 26.3. The van der Waals surface area contributed by atoms with Gasteiger partial charge >= 0.3 is 12.4 Å². The number of nitro groups is 1. The summed E-state index contributed by atoms with van der Waals surface area (Å²) in [6.07, 6.45) is -7.11. The predicted molar refractivity (Wildman–Crippen MR) is 143 cm³/mol. The Morgan fingerprint density at radius 2 is 1.55 bits per heavy atom. The second-order valence-corrected chi connectivity index (χ2v) is 10.7. The van der Waals surface area contributed by atoms with Gasteiger partial charge in [-0.15, -0.1) is 0 Å². The van der Waals surface area contributed by atoms with Gasteiger partial charge in [-0.3, -0.25) is 14.9 Å². The standard InChI is InChI=1S/C28H32F6N4O4/c1-17-18(2)24(10-8-22(17)27(29,30)31)36-11-13-37(14-12-36)26(39)16-42-21-6-3-19(4-7-21)35-20-5-9-25(38(40)41)23(15-20)28(32,33)34/h5,8-10,15,19,21,35H,3-4,6-7,11-14,16H2,1-2H3/t19-,21-. The number of nitrogens with zero attached hydrogens (tertiary/aromatic N) is 3. The van der Waals surface area contributed by atoms with Crippen molar-refractivity contribution in [1.29, 1.82) is 0 Å². The third kappa shape index (κ3) is 7.26. The molecule has 230 valence electrons. The first-order valence-corrected chi connectivity index (χ1v) is 13.6. The number of rotatable bonds is 7. The molecule has 0 bridgehead atoms. The summed E-state index contributed by atoms with van der Waals surface area (Å²) < 4.78 is 85.3. The van der Waals surface area contributed by atoms with Crippen molar-refractivity contribution in [2.75, 3.05) is 43.0 Å². The van der Waals surface area contributed by atoms with Gasteiger partial charge in [-0.1, -0.05) is 0 Å². The first kappa shape index (κ1) is 31.4. The lowest BCUT2D eigenvalue weighted by atomic mass is 9.92. The smallest absolute Gasteiger partial charge is 0.382 e. The number of ether oxygens (including phenoxy) is 1. The fourth-order valence-electron chi connectivity index (χ4n) is 5.55. The van der Waals surface area contributed by atoms with Gasteiger partial charge in [0.25, 0.3) is 5.69 Å². The van der Waals surface area contributed by atoms with Crippen LogP contribution in [0, 0.1) is 24.0 Å².